The Kier molecular flexibility index (Phi) is 3.34. The molecule has 0 aliphatic heterocycles. The molecule has 0 amide bonds. The van der Waals surface area contributed by atoms with E-state index < -0.39 is 9.84 Å². The lowest BCUT2D eigenvalue weighted by Crippen LogP contribution is -2.04. The minimum absolute atomic E-state index is 0.145. The van der Waals surface area contributed by atoms with E-state index >= 15 is 0 Å². The van der Waals surface area contributed by atoms with Crippen LogP contribution in [0.15, 0.2) is 66.1 Å². The molecule has 2 aromatic rings. The summed E-state index contributed by atoms with van der Waals surface area (Å²) in [6.45, 7) is 5.62. The highest BCUT2D eigenvalue weighted by molar-refractivity contribution is 8.00. The third-order valence-corrected chi connectivity index (χ3v) is 4.58. The Morgan fingerprint density at radius 2 is 1.50 bits per heavy atom. The van der Waals surface area contributed by atoms with Crippen LogP contribution in [0.3, 0.4) is 0 Å². The average molecular weight is 258 g/mol. The van der Waals surface area contributed by atoms with Gasteiger partial charge in [0.1, 0.15) is 0 Å². The predicted octanol–water partition coefficient (Wildman–Crippen LogP) is 3.44. The number of benzene rings is 2. The van der Waals surface area contributed by atoms with E-state index in [2.05, 4.69) is 6.58 Å². The van der Waals surface area contributed by atoms with Crippen LogP contribution in [0.2, 0.25) is 0 Å². The summed E-state index contributed by atoms with van der Waals surface area (Å²) in [6, 6.07) is 15.7. The molecule has 0 heterocycles. The zero-order valence-electron chi connectivity index (χ0n) is 10.1. The molecule has 2 rings (SSSR count). The van der Waals surface area contributed by atoms with E-state index in [0.717, 1.165) is 5.56 Å². The lowest BCUT2D eigenvalue weighted by molar-refractivity contribution is 0.606. The standard InChI is InChI=1S/C15H14O2S/c1-12-8-6-7-11-15(12)13(2)18(16,17)14-9-4-3-5-10-14/h3-11H,2H2,1H3. The van der Waals surface area contributed by atoms with Crippen molar-refractivity contribution in [1.29, 1.82) is 0 Å². The molecule has 92 valence electrons. The zero-order chi connectivity index (χ0) is 13.2. The van der Waals surface area contributed by atoms with Gasteiger partial charge in [0, 0.05) is 0 Å². The highest BCUT2D eigenvalue weighted by Gasteiger charge is 2.20. The monoisotopic (exact) mass is 258 g/mol. The Morgan fingerprint density at radius 1 is 0.944 bits per heavy atom. The maximum atomic E-state index is 12.4. The van der Waals surface area contributed by atoms with Gasteiger partial charge in [0.05, 0.1) is 9.80 Å². The Balaban J connectivity index is 2.51. The summed E-state index contributed by atoms with van der Waals surface area (Å²) in [4.78, 5) is 0.421. The minimum Gasteiger partial charge on any atom is -0.219 e. The second kappa shape index (κ2) is 4.78. The largest absolute Gasteiger partial charge is 0.219 e. The molecule has 0 aliphatic rings. The lowest BCUT2D eigenvalue weighted by atomic mass is 10.1. The predicted molar refractivity (Wildman–Crippen MR) is 73.8 cm³/mol. The van der Waals surface area contributed by atoms with Crippen molar-refractivity contribution in [3.63, 3.8) is 0 Å². The molecule has 0 radical (unpaired) electrons. The topological polar surface area (TPSA) is 34.1 Å². The summed E-state index contributed by atoms with van der Waals surface area (Å²) in [6.07, 6.45) is 0. The first-order valence-corrected chi connectivity index (χ1v) is 7.07. The van der Waals surface area contributed by atoms with Crippen LogP contribution in [0.1, 0.15) is 11.1 Å². The van der Waals surface area contributed by atoms with Crippen LogP contribution >= 0.6 is 0 Å². The van der Waals surface area contributed by atoms with Gasteiger partial charge < -0.3 is 0 Å². The molecule has 0 bridgehead atoms. The molecular weight excluding hydrogens is 244 g/mol. The second-order valence-electron chi connectivity index (χ2n) is 4.05. The van der Waals surface area contributed by atoms with E-state index in [-0.39, 0.29) is 9.80 Å². The Bertz CT molecular complexity index is 671. The van der Waals surface area contributed by atoms with Gasteiger partial charge in [-0.25, -0.2) is 8.42 Å². The van der Waals surface area contributed by atoms with Gasteiger partial charge in [-0.1, -0.05) is 49.0 Å². The summed E-state index contributed by atoms with van der Waals surface area (Å²) in [5.74, 6) is 0. The molecule has 0 spiro atoms. The van der Waals surface area contributed by atoms with E-state index in [1.54, 1.807) is 36.4 Å². The number of hydrogen-bond acceptors (Lipinski definition) is 2. The van der Waals surface area contributed by atoms with E-state index in [0.29, 0.717) is 5.56 Å². The van der Waals surface area contributed by atoms with Gasteiger partial charge in [-0.3, -0.25) is 0 Å². The smallest absolute Gasteiger partial charge is 0.206 e. The lowest BCUT2D eigenvalue weighted by Gasteiger charge is -2.10. The van der Waals surface area contributed by atoms with Gasteiger partial charge in [0.15, 0.2) is 0 Å². The van der Waals surface area contributed by atoms with Gasteiger partial charge in [-0.2, -0.15) is 0 Å². The van der Waals surface area contributed by atoms with Crippen LogP contribution in [-0.4, -0.2) is 8.42 Å². The van der Waals surface area contributed by atoms with Crippen molar-refractivity contribution < 1.29 is 8.42 Å². The van der Waals surface area contributed by atoms with Gasteiger partial charge in [-0.05, 0) is 30.2 Å². The van der Waals surface area contributed by atoms with Crippen LogP contribution in [0.5, 0.6) is 0 Å². The van der Waals surface area contributed by atoms with Gasteiger partial charge in [0.2, 0.25) is 9.84 Å². The third-order valence-electron chi connectivity index (χ3n) is 2.82. The molecule has 2 nitrogen and oxygen atoms in total. The molecule has 0 saturated heterocycles. The normalized spacial score (nSPS) is 11.2. The number of rotatable bonds is 3. The van der Waals surface area contributed by atoms with Crippen molar-refractivity contribution in [2.75, 3.05) is 0 Å². The van der Waals surface area contributed by atoms with Crippen LogP contribution in [0.25, 0.3) is 4.91 Å². The number of aryl methyl sites for hydroxylation is 1. The van der Waals surface area contributed by atoms with E-state index in [4.69, 9.17) is 0 Å². The van der Waals surface area contributed by atoms with Crippen molar-refractivity contribution in [3.8, 4) is 0 Å². The summed E-state index contributed by atoms with van der Waals surface area (Å²) in [7, 11) is -3.51. The average Bonchev–Trinajstić information content (AvgIpc) is 2.39. The molecular formula is C15H14O2S. The molecule has 0 fully saturated rings. The quantitative estimate of drug-likeness (QED) is 0.845. The molecule has 18 heavy (non-hydrogen) atoms. The van der Waals surface area contributed by atoms with Crippen LogP contribution in [0, 0.1) is 6.92 Å². The molecule has 0 saturated carbocycles. The maximum absolute atomic E-state index is 12.4. The first-order valence-electron chi connectivity index (χ1n) is 5.58. The van der Waals surface area contributed by atoms with Crippen LogP contribution in [-0.2, 0) is 9.84 Å². The van der Waals surface area contributed by atoms with Crippen molar-refractivity contribution >= 4 is 14.7 Å². The van der Waals surface area contributed by atoms with Crippen molar-refractivity contribution in [2.45, 2.75) is 11.8 Å². The number of sulfone groups is 1. The van der Waals surface area contributed by atoms with Crippen LogP contribution in [0.4, 0.5) is 0 Å². The van der Waals surface area contributed by atoms with E-state index in [9.17, 15) is 8.42 Å². The minimum atomic E-state index is -3.51. The Labute approximate surface area is 108 Å². The molecule has 0 unspecified atom stereocenters. The summed E-state index contributed by atoms with van der Waals surface area (Å²) < 4.78 is 24.8. The molecule has 3 heteroatoms. The fraction of sp³-hybridized carbons (Fsp3) is 0.0667. The van der Waals surface area contributed by atoms with Crippen molar-refractivity contribution in [3.05, 3.63) is 72.3 Å². The molecule has 0 aromatic heterocycles. The number of hydrogen-bond donors (Lipinski definition) is 0. The van der Waals surface area contributed by atoms with Crippen molar-refractivity contribution in [2.24, 2.45) is 0 Å². The maximum Gasteiger partial charge on any atom is 0.206 e. The molecule has 0 N–H and O–H groups in total. The van der Waals surface area contributed by atoms with Crippen molar-refractivity contribution in [1.82, 2.24) is 0 Å². The highest BCUT2D eigenvalue weighted by Crippen LogP contribution is 2.27. The van der Waals surface area contributed by atoms with E-state index in [1.807, 2.05) is 25.1 Å². The molecule has 2 aromatic carbocycles. The SMILES string of the molecule is C=C(c1ccccc1C)S(=O)(=O)c1ccccc1. The first kappa shape index (κ1) is 12.6. The zero-order valence-corrected chi connectivity index (χ0v) is 10.9. The van der Waals surface area contributed by atoms with Gasteiger partial charge >= 0.3 is 0 Å². The third kappa shape index (κ3) is 2.22. The highest BCUT2D eigenvalue weighted by atomic mass is 32.2. The Morgan fingerprint density at radius 3 is 2.11 bits per heavy atom. The molecule has 0 aliphatic carbocycles. The van der Waals surface area contributed by atoms with Gasteiger partial charge in [-0.15, -0.1) is 0 Å². The van der Waals surface area contributed by atoms with E-state index in [1.165, 1.54) is 0 Å². The fourth-order valence-electron chi connectivity index (χ4n) is 1.77. The Hall–Kier alpha value is -1.87. The summed E-state index contributed by atoms with van der Waals surface area (Å²) in [5, 5.41) is 0. The fourth-order valence-corrected chi connectivity index (χ4v) is 3.09. The van der Waals surface area contributed by atoms with Gasteiger partial charge in [0.25, 0.3) is 0 Å². The van der Waals surface area contributed by atoms with Crippen LogP contribution < -0.4 is 0 Å². The molecule has 0 atom stereocenters. The summed E-state index contributed by atoms with van der Waals surface area (Å²) >= 11 is 0. The first-order chi connectivity index (χ1) is 8.53. The summed E-state index contributed by atoms with van der Waals surface area (Å²) in [5.41, 5.74) is 1.57. The second-order valence-corrected chi connectivity index (χ2v) is 6.03.